The van der Waals surface area contributed by atoms with Gasteiger partial charge >= 0.3 is 0 Å². The van der Waals surface area contributed by atoms with Gasteiger partial charge < -0.3 is 35.6 Å². The number of fused-ring (bicyclic) bond motifs is 1. The van der Waals surface area contributed by atoms with Crippen LogP contribution in [0.5, 0.6) is 0 Å². The molecule has 0 spiro atoms. The highest BCUT2D eigenvalue weighted by Gasteiger charge is 2.32. The molecular weight excluding hydrogens is 494 g/mol. The van der Waals surface area contributed by atoms with Crippen LogP contribution in [0.1, 0.15) is 20.7 Å². The molecule has 38 heavy (non-hydrogen) atoms. The number of nitrogens with zero attached hydrogens (tertiary/aromatic N) is 2. The highest BCUT2D eigenvalue weighted by atomic mass is 16.3. The average Bonchev–Trinajstić information content (AvgIpc) is 3.40. The Balaban J connectivity index is 1.44. The Hall–Kier alpha value is -4.55. The topological polar surface area (TPSA) is 172 Å². The van der Waals surface area contributed by atoms with Crippen LogP contribution in [0.2, 0.25) is 0 Å². The fraction of sp³-hybridized carbons (Fsp3) is 0.269. The summed E-state index contributed by atoms with van der Waals surface area (Å²) < 4.78 is 0. The lowest BCUT2D eigenvalue weighted by molar-refractivity contribution is -0.142. The Morgan fingerprint density at radius 2 is 1.47 bits per heavy atom. The first-order chi connectivity index (χ1) is 18.2. The summed E-state index contributed by atoms with van der Waals surface area (Å²) in [5.41, 5.74) is 1.14. The van der Waals surface area contributed by atoms with Crippen LogP contribution >= 0.6 is 0 Å². The number of likely N-dealkylation sites (N-methyl/N-ethyl adjacent to an activating group) is 1. The van der Waals surface area contributed by atoms with Crippen molar-refractivity contribution in [2.75, 3.05) is 38.5 Å². The van der Waals surface area contributed by atoms with Crippen molar-refractivity contribution in [1.29, 1.82) is 0 Å². The lowest BCUT2D eigenvalue weighted by Gasteiger charge is -2.34. The molecule has 4 amide bonds. The van der Waals surface area contributed by atoms with Gasteiger partial charge in [0, 0.05) is 50.4 Å². The summed E-state index contributed by atoms with van der Waals surface area (Å²) in [5, 5.41) is 24.7. The molecule has 0 aliphatic carbocycles. The van der Waals surface area contributed by atoms with Crippen LogP contribution in [0.25, 0.3) is 10.9 Å². The Bertz CT molecular complexity index is 1380. The summed E-state index contributed by atoms with van der Waals surface area (Å²) >= 11 is 0. The number of para-hydroxylation sites is 1. The summed E-state index contributed by atoms with van der Waals surface area (Å²) in [6, 6.07) is 13.5. The van der Waals surface area contributed by atoms with Gasteiger partial charge in [-0.05, 0) is 18.2 Å². The number of benzene rings is 2. The maximum Gasteiger partial charge on any atom is 0.295 e. The first-order valence-electron chi connectivity index (χ1n) is 11.9. The maximum absolute atomic E-state index is 13.1. The van der Waals surface area contributed by atoms with E-state index >= 15 is 0 Å². The molecule has 2 heterocycles. The molecule has 2 aromatic carbocycles. The molecule has 2 atom stereocenters. The van der Waals surface area contributed by atoms with Gasteiger partial charge in [-0.25, -0.2) is 0 Å². The number of anilines is 1. The average molecular weight is 522 g/mol. The third kappa shape index (κ3) is 5.26. The number of aromatic amines is 1. The summed E-state index contributed by atoms with van der Waals surface area (Å²) in [5.74, 6) is -3.56. The van der Waals surface area contributed by atoms with Gasteiger partial charge in [0.15, 0.2) is 12.2 Å². The maximum atomic E-state index is 13.1. The van der Waals surface area contributed by atoms with Crippen molar-refractivity contribution < 1.29 is 34.2 Å². The van der Waals surface area contributed by atoms with E-state index in [9.17, 15) is 34.2 Å². The number of aliphatic hydroxyl groups excluding tert-OH is 2. The van der Waals surface area contributed by atoms with Crippen molar-refractivity contribution in [3.8, 4) is 0 Å². The second-order valence-corrected chi connectivity index (χ2v) is 8.70. The number of nitrogens with one attached hydrogen (secondary N) is 3. The number of carbonyl (C=O) groups is 5. The molecule has 198 valence electrons. The number of carbonyl (C=O) groups excluding carboxylic acids is 5. The monoisotopic (exact) mass is 521 g/mol. The van der Waals surface area contributed by atoms with Crippen LogP contribution < -0.4 is 10.6 Å². The van der Waals surface area contributed by atoms with E-state index in [1.165, 1.54) is 24.2 Å². The van der Waals surface area contributed by atoms with Crippen LogP contribution in [0.3, 0.4) is 0 Å². The molecule has 3 aromatic rings. The molecule has 0 radical (unpaired) electrons. The SMILES string of the molecule is CNC(=O)C(O)C(O)C(=O)Nc1cccc2c(C(=O)C(=O)N3CCN(C(=O)c4ccccc4)CC3)c[nH]c12. The standard InChI is InChI=1S/C26H27N5O7/c1-27-23(35)21(33)22(34)24(36)29-18-9-5-8-16-17(14-28-19(16)18)20(32)26(38)31-12-10-30(11-13-31)25(37)15-6-3-2-4-7-15/h2-9,14,21-22,28,33-34H,10-13H2,1H3,(H,27,35)(H,29,36). The lowest BCUT2D eigenvalue weighted by Crippen LogP contribution is -2.52. The molecular formula is C26H27N5O7. The highest BCUT2D eigenvalue weighted by molar-refractivity contribution is 6.45. The zero-order chi connectivity index (χ0) is 27.4. The van der Waals surface area contributed by atoms with E-state index in [2.05, 4.69) is 15.6 Å². The van der Waals surface area contributed by atoms with Crippen molar-refractivity contribution in [1.82, 2.24) is 20.1 Å². The Kier molecular flexibility index (Phi) is 7.84. The van der Waals surface area contributed by atoms with Gasteiger partial charge in [0.1, 0.15) is 0 Å². The first-order valence-corrected chi connectivity index (χ1v) is 11.9. The summed E-state index contributed by atoms with van der Waals surface area (Å²) in [6.45, 7) is 0.999. The molecule has 1 saturated heterocycles. The van der Waals surface area contributed by atoms with Crippen LogP contribution in [0.4, 0.5) is 5.69 Å². The van der Waals surface area contributed by atoms with Gasteiger partial charge in [-0.3, -0.25) is 24.0 Å². The number of amides is 4. The van der Waals surface area contributed by atoms with Gasteiger partial charge in [-0.15, -0.1) is 0 Å². The van der Waals surface area contributed by atoms with E-state index in [0.29, 0.717) is 29.6 Å². The summed E-state index contributed by atoms with van der Waals surface area (Å²) in [4.78, 5) is 68.5. The second-order valence-electron chi connectivity index (χ2n) is 8.70. The number of aliphatic hydroxyl groups is 2. The number of H-pyrrole nitrogens is 1. The third-order valence-corrected chi connectivity index (χ3v) is 6.37. The zero-order valence-electron chi connectivity index (χ0n) is 20.5. The lowest BCUT2D eigenvalue weighted by atomic mass is 10.1. The van der Waals surface area contributed by atoms with E-state index in [0.717, 1.165) is 0 Å². The van der Waals surface area contributed by atoms with Crippen LogP contribution in [-0.4, -0.2) is 99.8 Å². The van der Waals surface area contributed by atoms with E-state index in [-0.39, 0.29) is 30.2 Å². The van der Waals surface area contributed by atoms with Gasteiger partial charge in [-0.2, -0.15) is 0 Å². The predicted octanol–water partition coefficient (Wildman–Crippen LogP) is -0.258. The molecule has 1 aliphatic rings. The minimum Gasteiger partial charge on any atom is -0.380 e. The van der Waals surface area contributed by atoms with Gasteiger partial charge in [0.2, 0.25) is 0 Å². The quantitative estimate of drug-likeness (QED) is 0.210. The van der Waals surface area contributed by atoms with Gasteiger partial charge in [-0.1, -0.05) is 30.3 Å². The van der Waals surface area contributed by atoms with E-state index < -0.39 is 35.7 Å². The number of piperazine rings is 1. The third-order valence-electron chi connectivity index (χ3n) is 6.37. The molecule has 1 aromatic heterocycles. The first kappa shape index (κ1) is 26.5. The minimum atomic E-state index is -2.03. The van der Waals surface area contributed by atoms with Gasteiger partial charge in [0.25, 0.3) is 29.4 Å². The molecule has 0 bridgehead atoms. The molecule has 12 nitrogen and oxygen atoms in total. The van der Waals surface area contributed by atoms with Crippen molar-refractivity contribution in [3.05, 3.63) is 65.9 Å². The Morgan fingerprint density at radius 3 is 2.13 bits per heavy atom. The van der Waals surface area contributed by atoms with Crippen molar-refractivity contribution >= 4 is 46.0 Å². The van der Waals surface area contributed by atoms with Crippen molar-refractivity contribution in [3.63, 3.8) is 0 Å². The number of aromatic nitrogens is 1. The molecule has 4 rings (SSSR count). The Morgan fingerprint density at radius 1 is 0.842 bits per heavy atom. The molecule has 12 heteroatoms. The molecule has 1 aliphatic heterocycles. The van der Waals surface area contributed by atoms with Crippen LogP contribution in [0, 0.1) is 0 Å². The van der Waals surface area contributed by atoms with Crippen LogP contribution in [-0.2, 0) is 14.4 Å². The number of ketones is 1. The fourth-order valence-corrected chi connectivity index (χ4v) is 4.22. The minimum absolute atomic E-state index is 0.0924. The highest BCUT2D eigenvalue weighted by Crippen LogP contribution is 2.26. The number of Topliss-reactive ketones (excluding diaryl/α,β-unsaturated/α-hetero) is 1. The van der Waals surface area contributed by atoms with Crippen LogP contribution in [0.15, 0.2) is 54.7 Å². The molecule has 2 unspecified atom stereocenters. The van der Waals surface area contributed by atoms with E-state index in [1.807, 2.05) is 6.07 Å². The molecule has 1 fully saturated rings. The zero-order valence-corrected chi connectivity index (χ0v) is 20.5. The largest absolute Gasteiger partial charge is 0.380 e. The summed E-state index contributed by atoms with van der Waals surface area (Å²) in [7, 11) is 1.25. The van der Waals surface area contributed by atoms with Crippen molar-refractivity contribution in [2.45, 2.75) is 12.2 Å². The number of hydrogen-bond acceptors (Lipinski definition) is 7. The van der Waals surface area contributed by atoms with E-state index in [1.54, 1.807) is 41.3 Å². The number of rotatable bonds is 7. The summed E-state index contributed by atoms with van der Waals surface area (Å²) in [6.07, 6.45) is -2.65. The predicted molar refractivity (Wildman–Crippen MR) is 136 cm³/mol. The number of hydrogen-bond donors (Lipinski definition) is 5. The fourth-order valence-electron chi connectivity index (χ4n) is 4.22. The molecule has 5 N–H and O–H groups in total. The normalized spacial score (nSPS) is 15.0. The van der Waals surface area contributed by atoms with E-state index in [4.69, 9.17) is 0 Å². The van der Waals surface area contributed by atoms with Gasteiger partial charge in [0.05, 0.1) is 16.8 Å². The molecule has 0 saturated carbocycles. The Labute approximate surface area is 217 Å². The van der Waals surface area contributed by atoms with Crippen molar-refractivity contribution in [2.24, 2.45) is 0 Å². The smallest absolute Gasteiger partial charge is 0.295 e. The second kappa shape index (κ2) is 11.2.